The van der Waals surface area contributed by atoms with Crippen molar-refractivity contribution in [3.05, 3.63) is 125 Å². The Morgan fingerprint density at radius 3 is 2.14 bits per heavy atom. The quantitative estimate of drug-likeness (QED) is 0.155. The summed E-state index contributed by atoms with van der Waals surface area (Å²) in [4.78, 5) is 26.0. The summed E-state index contributed by atoms with van der Waals surface area (Å²) in [5.41, 5.74) is 5.38. The van der Waals surface area contributed by atoms with Crippen LogP contribution in [0.15, 0.2) is 108 Å². The Bertz CT molecular complexity index is 1850. The van der Waals surface area contributed by atoms with Crippen molar-refractivity contribution < 1.29 is 27.0 Å². The Morgan fingerprint density at radius 1 is 0.864 bits per heavy atom. The maximum Gasteiger partial charge on any atom is 0.283 e. The third-order valence-corrected chi connectivity index (χ3v) is 7.94. The van der Waals surface area contributed by atoms with Crippen LogP contribution in [0.1, 0.15) is 53.7 Å². The molecule has 0 saturated heterocycles. The normalized spacial score (nSPS) is 12.5. The van der Waals surface area contributed by atoms with Gasteiger partial charge in [0, 0.05) is 22.2 Å². The Labute approximate surface area is 256 Å². The second-order valence-corrected chi connectivity index (χ2v) is 13.2. The number of benzene rings is 4. The van der Waals surface area contributed by atoms with E-state index in [1.165, 1.54) is 0 Å². The summed E-state index contributed by atoms with van der Waals surface area (Å²) in [5, 5.41) is 6.24. The van der Waals surface area contributed by atoms with Crippen LogP contribution in [0.5, 0.6) is 0 Å². The second kappa shape index (κ2) is 12.5. The van der Waals surface area contributed by atoms with Gasteiger partial charge < -0.3 is 15.1 Å². The van der Waals surface area contributed by atoms with Crippen LogP contribution in [0.3, 0.4) is 0 Å². The summed E-state index contributed by atoms with van der Waals surface area (Å²) in [6, 6.07) is 31.9. The van der Waals surface area contributed by atoms with E-state index in [0.29, 0.717) is 12.1 Å². The highest BCUT2D eigenvalue weighted by molar-refractivity contribution is 7.85. The van der Waals surface area contributed by atoms with Crippen molar-refractivity contribution >= 4 is 38.6 Å². The number of carbonyl (C=O) groups is 2. The zero-order valence-corrected chi connectivity index (χ0v) is 25.5. The molecular formula is C35H34N2O6S. The highest BCUT2D eigenvalue weighted by Gasteiger charge is 2.23. The lowest BCUT2D eigenvalue weighted by molar-refractivity contribution is -0.117. The van der Waals surface area contributed by atoms with Crippen LogP contribution in [0.4, 0.5) is 5.69 Å². The molecule has 1 aromatic heterocycles. The zero-order chi connectivity index (χ0) is 31.5. The first-order valence-corrected chi connectivity index (χ1v) is 15.8. The maximum absolute atomic E-state index is 13.8. The molecule has 44 heavy (non-hydrogen) atoms. The van der Waals surface area contributed by atoms with Crippen LogP contribution in [0.2, 0.25) is 0 Å². The number of hydrogen-bond donors (Lipinski definition) is 3. The van der Waals surface area contributed by atoms with Crippen LogP contribution in [-0.4, -0.2) is 30.7 Å². The lowest BCUT2D eigenvalue weighted by Crippen LogP contribution is -2.29. The molecule has 1 heterocycles. The molecule has 0 aliphatic rings. The van der Waals surface area contributed by atoms with Gasteiger partial charge in [0.1, 0.15) is 17.2 Å². The molecule has 0 saturated carbocycles. The van der Waals surface area contributed by atoms with Gasteiger partial charge in [-0.25, -0.2) is 0 Å². The van der Waals surface area contributed by atoms with E-state index < -0.39 is 27.8 Å². The van der Waals surface area contributed by atoms with Crippen molar-refractivity contribution in [2.75, 3.05) is 11.2 Å². The standard InChI is InChI=1S/C35H34N2O6S/c1-35(2,3)28-16-12-24(13-17-28)30(20-23-8-10-26(11-9-23)33(38)36-22-44(40,41)42)34(39)37-29-18-14-25(15-19-29)32-21-27-6-4-5-7-31(27)43-32/h4-19,21,30H,20,22H2,1-3H3,(H,36,38)(H,37,39)(H,40,41,42). The Hall–Kier alpha value is -4.73. The van der Waals surface area contributed by atoms with Gasteiger partial charge in [-0.15, -0.1) is 0 Å². The van der Waals surface area contributed by atoms with E-state index in [1.54, 1.807) is 24.3 Å². The van der Waals surface area contributed by atoms with E-state index in [-0.39, 0.29) is 16.9 Å². The van der Waals surface area contributed by atoms with Crippen LogP contribution in [0.25, 0.3) is 22.3 Å². The van der Waals surface area contributed by atoms with E-state index in [1.807, 2.05) is 78.9 Å². The van der Waals surface area contributed by atoms with Gasteiger partial charge in [0.25, 0.3) is 16.0 Å². The fourth-order valence-electron chi connectivity index (χ4n) is 4.94. The molecule has 2 amide bonds. The lowest BCUT2D eigenvalue weighted by atomic mass is 9.84. The summed E-state index contributed by atoms with van der Waals surface area (Å²) in [6.07, 6.45) is 0.366. The smallest absolute Gasteiger partial charge is 0.283 e. The molecule has 0 spiro atoms. The van der Waals surface area contributed by atoms with Crippen LogP contribution >= 0.6 is 0 Å². The predicted molar refractivity (Wildman–Crippen MR) is 172 cm³/mol. The molecule has 1 unspecified atom stereocenters. The third-order valence-electron chi connectivity index (χ3n) is 7.43. The SMILES string of the molecule is CC(C)(C)c1ccc(C(Cc2ccc(C(=O)NCS(=O)(=O)O)cc2)C(=O)Nc2ccc(-c3cc4ccccc4o3)cc2)cc1. The number of fused-ring (bicyclic) bond motifs is 1. The molecule has 8 nitrogen and oxygen atoms in total. The summed E-state index contributed by atoms with van der Waals surface area (Å²) in [6.45, 7) is 6.40. The van der Waals surface area contributed by atoms with E-state index >= 15 is 0 Å². The number of carbonyl (C=O) groups excluding carboxylic acids is 2. The summed E-state index contributed by atoms with van der Waals surface area (Å²) >= 11 is 0. The first-order chi connectivity index (χ1) is 20.9. The van der Waals surface area contributed by atoms with Gasteiger partial charge in [0.05, 0.1) is 5.92 Å². The van der Waals surface area contributed by atoms with Crippen molar-refractivity contribution in [1.82, 2.24) is 5.32 Å². The van der Waals surface area contributed by atoms with Crippen molar-refractivity contribution in [3.63, 3.8) is 0 Å². The molecule has 0 radical (unpaired) electrons. The maximum atomic E-state index is 13.8. The summed E-state index contributed by atoms with van der Waals surface area (Å²) in [5.74, 6) is -1.47. The first kappa shape index (κ1) is 30.7. The predicted octanol–water partition coefficient (Wildman–Crippen LogP) is 6.94. The lowest BCUT2D eigenvalue weighted by Gasteiger charge is -2.22. The van der Waals surface area contributed by atoms with Crippen LogP contribution in [-0.2, 0) is 26.7 Å². The second-order valence-electron chi connectivity index (χ2n) is 11.8. The number of furan rings is 1. The Balaban J connectivity index is 1.35. The van der Waals surface area contributed by atoms with Crippen molar-refractivity contribution in [2.24, 2.45) is 0 Å². The van der Waals surface area contributed by atoms with Gasteiger partial charge in [0.2, 0.25) is 5.91 Å². The first-order valence-electron chi connectivity index (χ1n) is 14.2. The Morgan fingerprint density at radius 2 is 1.52 bits per heavy atom. The molecule has 0 aliphatic carbocycles. The highest BCUT2D eigenvalue weighted by atomic mass is 32.2. The van der Waals surface area contributed by atoms with Gasteiger partial charge in [-0.1, -0.05) is 75.4 Å². The number of para-hydroxylation sites is 1. The molecule has 0 bridgehead atoms. The Kier molecular flexibility index (Phi) is 8.71. The minimum absolute atomic E-state index is 0.0381. The average Bonchev–Trinajstić information content (AvgIpc) is 3.43. The molecule has 226 valence electrons. The van der Waals surface area contributed by atoms with Crippen molar-refractivity contribution in [2.45, 2.75) is 38.5 Å². The zero-order valence-electron chi connectivity index (χ0n) is 24.7. The molecule has 0 aliphatic heterocycles. The fraction of sp³-hybridized carbons (Fsp3) is 0.200. The van der Waals surface area contributed by atoms with Crippen molar-refractivity contribution in [1.29, 1.82) is 0 Å². The molecule has 1 atom stereocenters. The fourth-order valence-corrected chi connectivity index (χ4v) is 5.25. The summed E-state index contributed by atoms with van der Waals surface area (Å²) < 4.78 is 36.8. The number of anilines is 1. The highest BCUT2D eigenvalue weighted by Crippen LogP contribution is 2.30. The number of amides is 2. The number of rotatable bonds is 9. The summed E-state index contributed by atoms with van der Waals surface area (Å²) in [7, 11) is -4.33. The van der Waals surface area contributed by atoms with Crippen LogP contribution < -0.4 is 10.6 Å². The van der Waals surface area contributed by atoms with E-state index in [2.05, 4.69) is 31.4 Å². The monoisotopic (exact) mass is 610 g/mol. The molecular weight excluding hydrogens is 576 g/mol. The van der Waals surface area contributed by atoms with Gasteiger partial charge in [-0.3, -0.25) is 14.1 Å². The number of hydrogen-bond acceptors (Lipinski definition) is 5. The molecule has 3 N–H and O–H groups in total. The van der Waals surface area contributed by atoms with Gasteiger partial charge >= 0.3 is 0 Å². The van der Waals surface area contributed by atoms with Crippen LogP contribution in [0, 0.1) is 0 Å². The van der Waals surface area contributed by atoms with E-state index in [0.717, 1.165) is 39.0 Å². The van der Waals surface area contributed by atoms with Gasteiger partial charge in [-0.05, 0) is 77.1 Å². The van der Waals surface area contributed by atoms with Crippen molar-refractivity contribution in [3.8, 4) is 11.3 Å². The molecule has 5 rings (SSSR count). The molecule has 9 heteroatoms. The minimum Gasteiger partial charge on any atom is -0.456 e. The molecule has 0 fully saturated rings. The van der Waals surface area contributed by atoms with Gasteiger partial charge in [-0.2, -0.15) is 8.42 Å². The molecule has 5 aromatic rings. The van der Waals surface area contributed by atoms with E-state index in [4.69, 9.17) is 8.97 Å². The third kappa shape index (κ3) is 7.61. The largest absolute Gasteiger partial charge is 0.456 e. The molecule has 4 aromatic carbocycles. The number of nitrogens with one attached hydrogen (secondary N) is 2. The van der Waals surface area contributed by atoms with E-state index in [9.17, 15) is 18.0 Å². The topological polar surface area (TPSA) is 126 Å². The average molecular weight is 611 g/mol. The van der Waals surface area contributed by atoms with Gasteiger partial charge in [0.15, 0.2) is 0 Å². The minimum atomic E-state index is -4.33.